The van der Waals surface area contributed by atoms with E-state index in [1.807, 2.05) is 30.3 Å². The molecule has 0 bridgehead atoms. The van der Waals surface area contributed by atoms with Crippen LogP contribution < -0.4 is 10.6 Å². The van der Waals surface area contributed by atoms with Gasteiger partial charge in [-0.3, -0.25) is 9.59 Å². The second kappa shape index (κ2) is 9.69. The third-order valence-corrected chi connectivity index (χ3v) is 4.54. The number of benzene rings is 2. The van der Waals surface area contributed by atoms with Gasteiger partial charge in [0.05, 0.1) is 17.7 Å². The maximum atomic E-state index is 12.3. The molecule has 0 unspecified atom stereocenters. The highest BCUT2D eigenvalue weighted by Gasteiger charge is 2.28. The average Bonchev–Trinajstić information content (AvgIpc) is 2.76. The molecular weight excluding hydrogens is 388 g/mol. The SMILES string of the molecule is CCNC(=O)CNC(=O)COC(=O)c1ccc2c(c1)C[C@@H](c1ccccc1)OC2=O. The summed E-state index contributed by atoms with van der Waals surface area (Å²) in [6.07, 6.45) is -0.00306. The van der Waals surface area contributed by atoms with Crippen LogP contribution in [-0.2, 0) is 25.5 Å². The van der Waals surface area contributed by atoms with Gasteiger partial charge in [0.25, 0.3) is 5.91 Å². The summed E-state index contributed by atoms with van der Waals surface area (Å²) in [7, 11) is 0. The second-order valence-electron chi connectivity index (χ2n) is 6.69. The van der Waals surface area contributed by atoms with Gasteiger partial charge in [-0.1, -0.05) is 30.3 Å². The van der Waals surface area contributed by atoms with Crippen molar-refractivity contribution in [2.24, 2.45) is 0 Å². The molecule has 0 saturated heterocycles. The van der Waals surface area contributed by atoms with Crippen LogP contribution in [0.5, 0.6) is 0 Å². The number of fused-ring (bicyclic) bond motifs is 1. The van der Waals surface area contributed by atoms with Crippen LogP contribution in [0.3, 0.4) is 0 Å². The summed E-state index contributed by atoms with van der Waals surface area (Å²) in [5.74, 6) is -2.05. The van der Waals surface area contributed by atoms with Gasteiger partial charge in [-0.05, 0) is 36.2 Å². The Balaban J connectivity index is 1.61. The minimum atomic E-state index is -0.693. The molecule has 0 radical (unpaired) electrons. The molecule has 156 valence electrons. The summed E-state index contributed by atoms with van der Waals surface area (Å²) >= 11 is 0. The Bertz CT molecular complexity index is 957. The van der Waals surface area contributed by atoms with Gasteiger partial charge in [-0.15, -0.1) is 0 Å². The maximum absolute atomic E-state index is 12.3. The lowest BCUT2D eigenvalue weighted by molar-refractivity contribution is -0.127. The normalized spacial score (nSPS) is 14.8. The monoisotopic (exact) mass is 410 g/mol. The lowest BCUT2D eigenvalue weighted by atomic mass is 9.93. The molecule has 0 saturated carbocycles. The molecule has 0 aromatic heterocycles. The molecule has 2 N–H and O–H groups in total. The first-order valence-corrected chi connectivity index (χ1v) is 9.57. The number of amides is 2. The van der Waals surface area contributed by atoms with Crippen molar-refractivity contribution < 1.29 is 28.7 Å². The number of likely N-dealkylation sites (N-methyl/N-ethyl adjacent to an activating group) is 1. The number of nitrogens with one attached hydrogen (secondary N) is 2. The number of esters is 2. The fraction of sp³-hybridized carbons (Fsp3) is 0.273. The van der Waals surface area contributed by atoms with Gasteiger partial charge in [-0.2, -0.15) is 0 Å². The van der Waals surface area contributed by atoms with E-state index in [9.17, 15) is 19.2 Å². The number of carbonyl (C=O) groups is 4. The van der Waals surface area contributed by atoms with Crippen molar-refractivity contribution in [3.05, 3.63) is 70.8 Å². The summed E-state index contributed by atoms with van der Waals surface area (Å²) in [4.78, 5) is 47.7. The predicted octanol–water partition coefficient (Wildman–Crippen LogP) is 1.55. The number of cyclic esters (lactones) is 1. The Labute approximate surface area is 173 Å². The van der Waals surface area contributed by atoms with Crippen molar-refractivity contribution in [1.82, 2.24) is 10.6 Å². The van der Waals surface area contributed by atoms with Crippen LogP contribution in [0.2, 0.25) is 0 Å². The Kier molecular flexibility index (Phi) is 6.79. The van der Waals surface area contributed by atoms with Crippen LogP contribution >= 0.6 is 0 Å². The smallest absolute Gasteiger partial charge is 0.339 e. The minimum Gasteiger partial charge on any atom is -0.454 e. The summed E-state index contributed by atoms with van der Waals surface area (Å²) in [5, 5.41) is 4.90. The first kappa shape index (κ1) is 21.0. The van der Waals surface area contributed by atoms with Crippen molar-refractivity contribution in [3.8, 4) is 0 Å². The number of hydrogen-bond acceptors (Lipinski definition) is 6. The van der Waals surface area contributed by atoms with Crippen LogP contribution in [0.15, 0.2) is 48.5 Å². The van der Waals surface area contributed by atoms with Gasteiger partial charge < -0.3 is 20.1 Å². The summed E-state index contributed by atoms with van der Waals surface area (Å²) < 4.78 is 10.5. The standard InChI is InChI=1S/C22H22N2O6/c1-2-23-19(25)12-24-20(26)13-29-21(27)15-8-9-17-16(10-15)11-18(30-22(17)28)14-6-4-3-5-7-14/h3-10,18H,2,11-13H2,1H3,(H,23,25)(H,24,26)/t18-/m0/s1. The van der Waals surface area contributed by atoms with Gasteiger partial charge >= 0.3 is 11.9 Å². The fourth-order valence-electron chi connectivity index (χ4n) is 3.08. The lowest BCUT2D eigenvalue weighted by Gasteiger charge is -2.25. The highest BCUT2D eigenvalue weighted by Crippen LogP contribution is 2.31. The molecule has 0 spiro atoms. The van der Waals surface area contributed by atoms with E-state index in [0.29, 0.717) is 24.1 Å². The zero-order chi connectivity index (χ0) is 21.5. The Morgan fingerprint density at radius 2 is 1.83 bits per heavy atom. The van der Waals surface area contributed by atoms with E-state index >= 15 is 0 Å². The van der Waals surface area contributed by atoms with Crippen molar-refractivity contribution in [2.45, 2.75) is 19.4 Å². The topological polar surface area (TPSA) is 111 Å². The molecule has 8 heteroatoms. The summed E-state index contributed by atoms with van der Waals surface area (Å²) in [6.45, 7) is 1.53. The molecule has 1 atom stereocenters. The molecule has 1 aliphatic rings. The van der Waals surface area contributed by atoms with E-state index in [1.54, 1.807) is 13.0 Å². The average molecular weight is 410 g/mol. The van der Waals surface area contributed by atoms with E-state index < -0.39 is 30.6 Å². The fourth-order valence-corrected chi connectivity index (χ4v) is 3.08. The van der Waals surface area contributed by atoms with Crippen LogP contribution in [0.1, 0.15) is 44.9 Å². The van der Waals surface area contributed by atoms with Gasteiger partial charge in [0, 0.05) is 13.0 Å². The van der Waals surface area contributed by atoms with Crippen molar-refractivity contribution >= 4 is 23.8 Å². The van der Waals surface area contributed by atoms with Crippen molar-refractivity contribution in [2.75, 3.05) is 19.7 Å². The molecule has 2 amide bonds. The minimum absolute atomic E-state index is 0.188. The van der Waals surface area contributed by atoms with E-state index in [0.717, 1.165) is 5.56 Å². The van der Waals surface area contributed by atoms with Gasteiger partial charge in [0.1, 0.15) is 6.10 Å². The first-order chi connectivity index (χ1) is 14.5. The summed E-state index contributed by atoms with van der Waals surface area (Å²) in [6, 6.07) is 13.9. The molecule has 0 fully saturated rings. The summed E-state index contributed by atoms with van der Waals surface area (Å²) in [5.41, 5.74) is 2.17. The molecule has 30 heavy (non-hydrogen) atoms. The molecular formula is C22H22N2O6. The predicted molar refractivity (Wildman–Crippen MR) is 107 cm³/mol. The van der Waals surface area contributed by atoms with E-state index in [1.165, 1.54) is 12.1 Å². The van der Waals surface area contributed by atoms with Crippen LogP contribution in [0.4, 0.5) is 0 Å². The van der Waals surface area contributed by atoms with Crippen molar-refractivity contribution in [1.29, 1.82) is 0 Å². The van der Waals surface area contributed by atoms with Crippen LogP contribution in [0, 0.1) is 0 Å². The number of rotatable bonds is 7. The molecule has 8 nitrogen and oxygen atoms in total. The Hall–Kier alpha value is -3.68. The molecule has 1 aliphatic heterocycles. The van der Waals surface area contributed by atoms with E-state index in [2.05, 4.69) is 10.6 Å². The Morgan fingerprint density at radius 1 is 1.07 bits per heavy atom. The molecule has 0 aliphatic carbocycles. The zero-order valence-corrected chi connectivity index (χ0v) is 16.5. The highest BCUT2D eigenvalue weighted by atomic mass is 16.5. The third kappa shape index (κ3) is 5.22. The third-order valence-electron chi connectivity index (χ3n) is 4.54. The lowest BCUT2D eigenvalue weighted by Crippen LogP contribution is -2.38. The first-order valence-electron chi connectivity index (χ1n) is 9.57. The number of hydrogen-bond donors (Lipinski definition) is 2. The molecule has 1 heterocycles. The van der Waals surface area contributed by atoms with Crippen LogP contribution in [0.25, 0.3) is 0 Å². The Morgan fingerprint density at radius 3 is 2.57 bits per heavy atom. The maximum Gasteiger partial charge on any atom is 0.339 e. The highest BCUT2D eigenvalue weighted by molar-refractivity contribution is 5.96. The van der Waals surface area contributed by atoms with Gasteiger partial charge in [0.15, 0.2) is 6.61 Å². The van der Waals surface area contributed by atoms with E-state index in [4.69, 9.17) is 9.47 Å². The second-order valence-corrected chi connectivity index (χ2v) is 6.69. The van der Waals surface area contributed by atoms with Gasteiger partial charge in [0.2, 0.25) is 5.91 Å². The largest absolute Gasteiger partial charge is 0.454 e. The number of carbonyl (C=O) groups excluding carboxylic acids is 4. The number of ether oxygens (including phenoxy) is 2. The van der Waals surface area contributed by atoms with Crippen LogP contribution in [-0.4, -0.2) is 43.4 Å². The molecule has 3 rings (SSSR count). The quantitative estimate of drug-likeness (QED) is 0.670. The van der Waals surface area contributed by atoms with Crippen molar-refractivity contribution in [3.63, 3.8) is 0 Å². The van der Waals surface area contributed by atoms with Gasteiger partial charge in [-0.25, -0.2) is 9.59 Å². The van der Waals surface area contributed by atoms with E-state index in [-0.39, 0.29) is 18.0 Å². The molecule has 2 aromatic carbocycles. The molecule has 2 aromatic rings. The zero-order valence-electron chi connectivity index (χ0n) is 16.5.